The maximum atomic E-state index is 13.1. The van der Waals surface area contributed by atoms with E-state index in [-0.39, 0.29) is 30.8 Å². The van der Waals surface area contributed by atoms with Crippen LogP contribution in [0.2, 0.25) is 10.0 Å². The molecule has 0 aromatic heterocycles. The van der Waals surface area contributed by atoms with Crippen molar-refractivity contribution >= 4 is 35.0 Å². The zero-order chi connectivity index (χ0) is 22.8. The highest BCUT2D eigenvalue weighted by Crippen LogP contribution is 2.23. The molecule has 2 aromatic carbocycles. The second kappa shape index (κ2) is 12.6. The minimum atomic E-state index is -0.636. The Bertz CT molecular complexity index is 861. The van der Waals surface area contributed by atoms with Gasteiger partial charge in [0.1, 0.15) is 11.8 Å². The third-order valence-corrected chi connectivity index (χ3v) is 5.66. The molecule has 0 saturated carbocycles. The summed E-state index contributed by atoms with van der Waals surface area (Å²) in [5, 5.41) is 3.94. The van der Waals surface area contributed by atoms with Crippen molar-refractivity contribution in [1.29, 1.82) is 0 Å². The van der Waals surface area contributed by atoms with Gasteiger partial charge in [0.05, 0.1) is 6.61 Å². The lowest BCUT2D eigenvalue weighted by Gasteiger charge is -2.30. The molecular weight excluding hydrogens is 435 g/mol. The molecule has 1 N–H and O–H groups in total. The first-order valence-electron chi connectivity index (χ1n) is 10.5. The van der Waals surface area contributed by atoms with Crippen molar-refractivity contribution in [2.24, 2.45) is 0 Å². The van der Waals surface area contributed by atoms with Crippen LogP contribution in [0.15, 0.2) is 48.5 Å². The summed E-state index contributed by atoms with van der Waals surface area (Å²) in [5.74, 6) is 0.448. The maximum Gasteiger partial charge on any atom is 0.242 e. The second-order valence-electron chi connectivity index (χ2n) is 7.52. The lowest BCUT2D eigenvalue weighted by Crippen LogP contribution is -2.49. The molecule has 0 aliphatic rings. The number of nitrogens with zero attached hydrogens (tertiary/aromatic N) is 1. The molecule has 2 rings (SSSR count). The number of carbonyl (C=O) groups excluding carboxylic acids is 2. The molecule has 0 heterocycles. The number of ether oxygens (including phenoxy) is 1. The maximum absolute atomic E-state index is 13.1. The molecule has 168 valence electrons. The molecule has 0 aliphatic carbocycles. The molecular formula is C24H30Cl2N2O3. The Kier molecular flexibility index (Phi) is 10.2. The molecule has 31 heavy (non-hydrogen) atoms. The van der Waals surface area contributed by atoms with Crippen molar-refractivity contribution in [2.45, 2.75) is 58.7 Å². The van der Waals surface area contributed by atoms with Gasteiger partial charge in [-0.05, 0) is 56.5 Å². The van der Waals surface area contributed by atoms with Crippen molar-refractivity contribution < 1.29 is 14.3 Å². The van der Waals surface area contributed by atoms with E-state index in [4.69, 9.17) is 27.9 Å². The Morgan fingerprint density at radius 3 is 2.45 bits per heavy atom. The fraction of sp³-hybridized carbons (Fsp3) is 0.417. The van der Waals surface area contributed by atoms with E-state index in [1.165, 1.54) is 0 Å². The Morgan fingerprint density at radius 1 is 1.10 bits per heavy atom. The molecule has 7 heteroatoms. The van der Waals surface area contributed by atoms with E-state index in [1.807, 2.05) is 44.2 Å². The van der Waals surface area contributed by atoms with Crippen LogP contribution in [0.5, 0.6) is 5.75 Å². The van der Waals surface area contributed by atoms with E-state index >= 15 is 0 Å². The second-order valence-corrected chi connectivity index (χ2v) is 8.36. The fourth-order valence-corrected chi connectivity index (χ4v) is 3.42. The quantitative estimate of drug-likeness (QED) is 0.447. The van der Waals surface area contributed by atoms with Crippen LogP contribution in [-0.4, -0.2) is 35.4 Å². The number of benzene rings is 2. The number of nitrogens with one attached hydrogen (secondary N) is 1. The van der Waals surface area contributed by atoms with Crippen LogP contribution < -0.4 is 10.1 Å². The Hall–Kier alpha value is -2.24. The van der Waals surface area contributed by atoms with Crippen LogP contribution in [0.4, 0.5) is 0 Å². The Balaban J connectivity index is 2.05. The molecule has 2 amide bonds. The number of rotatable bonds is 11. The SMILES string of the molecule is CC[C@H](C)NC(=O)[C@H](C)N(Cc1ccc(Cl)cc1Cl)C(=O)CCCOc1ccccc1. The summed E-state index contributed by atoms with van der Waals surface area (Å²) in [6.45, 7) is 6.31. The number of halogens is 2. The van der Waals surface area contributed by atoms with E-state index in [2.05, 4.69) is 5.32 Å². The fourth-order valence-electron chi connectivity index (χ4n) is 2.96. The van der Waals surface area contributed by atoms with Crippen molar-refractivity contribution in [3.05, 3.63) is 64.1 Å². The minimum absolute atomic E-state index is 0.0327. The van der Waals surface area contributed by atoms with Gasteiger partial charge in [-0.2, -0.15) is 0 Å². The standard InChI is InChI=1S/C24H30Cl2N2O3/c1-4-17(2)27-24(30)18(3)28(16-19-12-13-20(25)15-22(19)26)23(29)11-8-14-31-21-9-6-5-7-10-21/h5-7,9-10,12-13,15,17-18H,4,8,11,14,16H2,1-3H3,(H,27,30)/t17-,18-/m0/s1. The van der Waals surface area contributed by atoms with E-state index in [0.29, 0.717) is 23.1 Å². The summed E-state index contributed by atoms with van der Waals surface area (Å²) in [5.41, 5.74) is 0.739. The van der Waals surface area contributed by atoms with Crippen molar-refractivity contribution in [3.8, 4) is 5.75 Å². The van der Waals surface area contributed by atoms with Gasteiger partial charge >= 0.3 is 0 Å². The molecule has 0 aliphatic heterocycles. The molecule has 2 atom stereocenters. The van der Waals surface area contributed by atoms with Gasteiger partial charge in [-0.1, -0.05) is 54.4 Å². The largest absolute Gasteiger partial charge is 0.494 e. The first-order chi connectivity index (χ1) is 14.8. The van der Waals surface area contributed by atoms with Gasteiger partial charge in [0, 0.05) is 29.1 Å². The molecule has 2 aromatic rings. The molecule has 0 fully saturated rings. The average Bonchev–Trinajstić information content (AvgIpc) is 2.76. The van der Waals surface area contributed by atoms with Crippen molar-refractivity contribution in [3.63, 3.8) is 0 Å². The number of carbonyl (C=O) groups is 2. The van der Waals surface area contributed by atoms with E-state index < -0.39 is 6.04 Å². The molecule has 0 bridgehead atoms. The van der Waals surface area contributed by atoms with Gasteiger partial charge in [-0.3, -0.25) is 9.59 Å². The topological polar surface area (TPSA) is 58.6 Å². The normalized spacial score (nSPS) is 12.7. The summed E-state index contributed by atoms with van der Waals surface area (Å²) in [6.07, 6.45) is 1.61. The van der Waals surface area contributed by atoms with Crippen LogP contribution in [0.25, 0.3) is 0 Å². The highest BCUT2D eigenvalue weighted by atomic mass is 35.5. The Morgan fingerprint density at radius 2 is 1.81 bits per heavy atom. The van der Waals surface area contributed by atoms with Gasteiger partial charge in [-0.15, -0.1) is 0 Å². The molecule has 0 saturated heterocycles. The molecule has 5 nitrogen and oxygen atoms in total. The summed E-state index contributed by atoms with van der Waals surface area (Å²) < 4.78 is 5.68. The summed E-state index contributed by atoms with van der Waals surface area (Å²) in [7, 11) is 0. The lowest BCUT2D eigenvalue weighted by molar-refractivity contribution is -0.141. The zero-order valence-electron chi connectivity index (χ0n) is 18.2. The lowest BCUT2D eigenvalue weighted by atomic mass is 10.1. The number of para-hydroxylation sites is 1. The highest BCUT2D eigenvalue weighted by Gasteiger charge is 2.27. The first kappa shape index (κ1) is 25.0. The third kappa shape index (κ3) is 8.08. The van der Waals surface area contributed by atoms with Gasteiger partial charge in [0.15, 0.2) is 0 Å². The van der Waals surface area contributed by atoms with Gasteiger partial charge in [0.25, 0.3) is 0 Å². The van der Waals surface area contributed by atoms with Gasteiger partial charge < -0.3 is 15.0 Å². The molecule has 0 unspecified atom stereocenters. The summed E-state index contributed by atoms with van der Waals surface area (Å²) in [4.78, 5) is 27.3. The van der Waals surface area contributed by atoms with E-state index in [9.17, 15) is 9.59 Å². The predicted octanol–water partition coefficient (Wildman–Crippen LogP) is 5.48. The van der Waals surface area contributed by atoms with Crippen molar-refractivity contribution in [2.75, 3.05) is 6.61 Å². The van der Waals surface area contributed by atoms with Crippen LogP contribution in [0.3, 0.4) is 0 Å². The number of amides is 2. The number of hydrogen-bond donors (Lipinski definition) is 1. The average molecular weight is 465 g/mol. The highest BCUT2D eigenvalue weighted by molar-refractivity contribution is 6.35. The molecule has 0 spiro atoms. The van der Waals surface area contributed by atoms with Crippen molar-refractivity contribution in [1.82, 2.24) is 10.2 Å². The number of hydrogen-bond acceptors (Lipinski definition) is 3. The monoisotopic (exact) mass is 464 g/mol. The van der Waals surface area contributed by atoms with Crippen LogP contribution >= 0.6 is 23.2 Å². The van der Waals surface area contributed by atoms with E-state index in [1.54, 1.807) is 30.0 Å². The summed E-state index contributed by atoms with van der Waals surface area (Å²) >= 11 is 12.3. The smallest absolute Gasteiger partial charge is 0.242 e. The van der Waals surface area contributed by atoms with Crippen LogP contribution in [0, 0.1) is 0 Å². The van der Waals surface area contributed by atoms with Crippen LogP contribution in [-0.2, 0) is 16.1 Å². The molecule has 0 radical (unpaired) electrons. The third-order valence-electron chi connectivity index (χ3n) is 5.07. The van der Waals surface area contributed by atoms with Crippen LogP contribution in [0.1, 0.15) is 45.6 Å². The Labute approximate surface area is 194 Å². The van der Waals surface area contributed by atoms with Gasteiger partial charge in [0.2, 0.25) is 11.8 Å². The summed E-state index contributed by atoms with van der Waals surface area (Å²) in [6, 6.07) is 14.0. The zero-order valence-corrected chi connectivity index (χ0v) is 19.7. The predicted molar refractivity (Wildman–Crippen MR) is 126 cm³/mol. The first-order valence-corrected chi connectivity index (χ1v) is 11.3. The minimum Gasteiger partial charge on any atom is -0.494 e. The van der Waals surface area contributed by atoms with Gasteiger partial charge in [-0.25, -0.2) is 0 Å². The van der Waals surface area contributed by atoms with E-state index in [0.717, 1.165) is 17.7 Å².